The normalized spacial score (nSPS) is 9.95. The van der Waals surface area contributed by atoms with Crippen LogP contribution in [0.2, 0.25) is 0 Å². The van der Waals surface area contributed by atoms with Crippen LogP contribution in [0, 0.1) is 13.8 Å². The molecule has 0 aliphatic carbocycles. The average Bonchev–Trinajstić information content (AvgIpc) is 2.51. The number of carbonyl (C=O) groups excluding carboxylic acids is 1. The number of aryl methyl sites for hydroxylation is 2. The average molecular weight is 300 g/mol. The number of hydrogen-bond acceptors (Lipinski definition) is 3. The zero-order valence-electron chi connectivity index (χ0n) is 13.0. The summed E-state index contributed by atoms with van der Waals surface area (Å²) in [6, 6.07) is 12.8. The molecule has 2 aromatic carbocycles. The van der Waals surface area contributed by atoms with Crippen LogP contribution in [-0.2, 0) is 0 Å². The summed E-state index contributed by atoms with van der Waals surface area (Å²) in [7, 11) is 1.57. The van der Waals surface area contributed by atoms with Crippen LogP contribution in [0.4, 0.5) is 10.5 Å². The molecule has 2 N–H and O–H groups in total. The molecule has 0 aliphatic heterocycles. The highest BCUT2D eigenvalue weighted by atomic mass is 16.5. The minimum absolute atomic E-state index is 0.0527. The lowest BCUT2D eigenvalue weighted by molar-refractivity contribution is 0.231. The highest BCUT2D eigenvalue weighted by molar-refractivity contribution is 5.90. The molecule has 0 saturated carbocycles. The first-order chi connectivity index (χ1) is 10.6. The molecule has 0 spiro atoms. The zero-order valence-corrected chi connectivity index (χ0v) is 13.0. The summed E-state index contributed by atoms with van der Waals surface area (Å²) in [5, 5.41) is 5.49. The molecule has 0 saturated heterocycles. The highest BCUT2D eigenvalue weighted by Gasteiger charge is 2.07. The predicted molar refractivity (Wildman–Crippen MR) is 86.6 cm³/mol. The Hall–Kier alpha value is -2.69. The number of methoxy groups -OCH3 is 1. The summed E-state index contributed by atoms with van der Waals surface area (Å²) in [4.78, 5) is 11.9. The Morgan fingerprint density at radius 1 is 1.00 bits per heavy atom. The number of rotatable bonds is 5. The lowest BCUT2D eigenvalue weighted by atomic mass is 10.1. The van der Waals surface area contributed by atoms with Crippen LogP contribution in [-0.4, -0.2) is 19.9 Å². The van der Waals surface area contributed by atoms with Gasteiger partial charge < -0.3 is 20.1 Å². The van der Waals surface area contributed by atoms with Gasteiger partial charge in [0.05, 0.1) is 7.11 Å². The second kappa shape index (κ2) is 7.36. The van der Waals surface area contributed by atoms with E-state index in [1.54, 1.807) is 19.2 Å². The first kappa shape index (κ1) is 15.7. The number of urea groups is 1. The second-order valence-electron chi connectivity index (χ2n) is 4.84. The molecule has 2 aromatic rings. The third kappa shape index (κ3) is 3.91. The van der Waals surface area contributed by atoms with Gasteiger partial charge in [-0.2, -0.15) is 0 Å². The summed E-state index contributed by atoms with van der Waals surface area (Å²) in [6.07, 6.45) is 0. The maximum absolute atomic E-state index is 11.9. The smallest absolute Gasteiger partial charge is 0.321 e. The summed E-state index contributed by atoms with van der Waals surface area (Å²) >= 11 is 0. The highest BCUT2D eigenvalue weighted by Crippen LogP contribution is 2.25. The van der Waals surface area contributed by atoms with Crippen molar-refractivity contribution < 1.29 is 14.3 Å². The molecule has 2 amide bonds. The van der Waals surface area contributed by atoms with E-state index in [2.05, 4.69) is 10.6 Å². The summed E-state index contributed by atoms with van der Waals surface area (Å²) in [5.41, 5.74) is 2.85. The van der Waals surface area contributed by atoms with Crippen molar-refractivity contribution in [1.82, 2.24) is 5.32 Å². The molecule has 2 rings (SSSR count). The molecule has 0 bridgehead atoms. The van der Waals surface area contributed by atoms with E-state index >= 15 is 0 Å². The number of benzene rings is 2. The predicted octanol–water partition coefficient (Wildman–Crippen LogP) is 3.47. The van der Waals surface area contributed by atoms with Crippen molar-refractivity contribution in [2.45, 2.75) is 13.8 Å². The molecule has 116 valence electrons. The fraction of sp³-hybridized carbons (Fsp3) is 0.235. The lowest BCUT2D eigenvalue weighted by Gasteiger charge is -2.14. The SMILES string of the molecule is COc1ccccc1OCNC(=O)Nc1c(C)cccc1C. The van der Waals surface area contributed by atoms with Crippen molar-refractivity contribution in [3.05, 3.63) is 53.6 Å². The number of amides is 2. The van der Waals surface area contributed by atoms with Gasteiger partial charge in [0.25, 0.3) is 0 Å². The van der Waals surface area contributed by atoms with E-state index < -0.39 is 0 Å². The largest absolute Gasteiger partial charge is 0.493 e. The van der Waals surface area contributed by atoms with Crippen LogP contribution < -0.4 is 20.1 Å². The molecule has 0 radical (unpaired) electrons. The van der Waals surface area contributed by atoms with Gasteiger partial charge in [0.2, 0.25) is 0 Å². The minimum Gasteiger partial charge on any atom is -0.493 e. The zero-order chi connectivity index (χ0) is 15.9. The fourth-order valence-electron chi connectivity index (χ4n) is 2.09. The molecule has 0 aromatic heterocycles. The fourth-order valence-corrected chi connectivity index (χ4v) is 2.09. The lowest BCUT2D eigenvalue weighted by Crippen LogP contribution is -2.32. The Morgan fingerprint density at radius 2 is 1.64 bits per heavy atom. The molecule has 5 nitrogen and oxygen atoms in total. The molecule has 0 aliphatic rings. The minimum atomic E-state index is -0.313. The third-order valence-electron chi connectivity index (χ3n) is 3.25. The third-order valence-corrected chi connectivity index (χ3v) is 3.25. The molecule has 0 unspecified atom stereocenters. The van der Waals surface area contributed by atoms with Crippen LogP contribution in [0.3, 0.4) is 0 Å². The Labute approximate surface area is 130 Å². The van der Waals surface area contributed by atoms with Crippen LogP contribution in [0.5, 0.6) is 11.5 Å². The van der Waals surface area contributed by atoms with Crippen molar-refractivity contribution in [3.8, 4) is 11.5 Å². The maximum Gasteiger partial charge on any atom is 0.321 e. The topological polar surface area (TPSA) is 59.6 Å². The molecule has 0 heterocycles. The van der Waals surface area contributed by atoms with Gasteiger partial charge in [0.15, 0.2) is 18.2 Å². The van der Waals surface area contributed by atoms with Crippen molar-refractivity contribution in [3.63, 3.8) is 0 Å². The van der Waals surface area contributed by atoms with E-state index in [-0.39, 0.29) is 12.8 Å². The number of para-hydroxylation sites is 3. The van der Waals surface area contributed by atoms with Crippen LogP contribution in [0.1, 0.15) is 11.1 Å². The van der Waals surface area contributed by atoms with Crippen molar-refractivity contribution in [2.75, 3.05) is 19.2 Å². The van der Waals surface area contributed by atoms with Crippen molar-refractivity contribution in [1.29, 1.82) is 0 Å². The van der Waals surface area contributed by atoms with E-state index in [1.165, 1.54) is 0 Å². The van der Waals surface area contributed by atoms with Gasteiger partial charge in [-0.05, 0) is 37.1 Å². The maximum atomic E-state index is 11.9. The molecule has 0 atom stereocenters. The first-order valence-electron chi connectivity index (χ1n) is 6.98. The van der Waals surface area contributed by atoms with Gasteiger partial charge in [-0.3, -0.25) is 0 Å². The quantitative estimate of drug-likeness (QED) is 0.831. The van der Waals surface area contributed by atoms with Gasteiger partial charge in [-0.15, -0.1) is 0 Å². The summed E-state index contributed by atoms with van der Waals surface area (Å²) in [5.74, 6) is 1.21. The van der Waals surface area contributed by atoms with Gasteiger partial charge >= 0.3 is 6.03 Å². The van der Waals surface area contributed by atoms with Crippen LogP contribution in [0.15, 0.2) is 42.5 Å². The van der Waals surface area contributed by atoms with E-state index in [0.717, 1.165) is 16.8 Å². The van der Waals surface area contributed by atoms with E-state index in [9.17, 15) is 4.79 Å². The number of nitrogens with one attached hydrogen (secondary N) is 2. The molecule has 0 fully saturated rings. The number of hydrogen-bond donors (Lipinski definition) is 2. The Morgan fingerprint density at radius 3 is 2.27 bits per heavy atom. The molecular weight excluding hydrogens is 280 g/mol. The molecular formula is C17H20N2O3. The van der Waals surface area contributed by atoms with Crippen LogP contribution >= 0.6 is 0 Å². The van der Waals surface area contributed by atoms with E-state index in [4.69, 9.17) is 9.47 Å². The van der Waals surface area contributed by atoms with Gasteiger partial charge in [0.1, 0.15) is 0 Å². The monoisotopic (exact) mass is 300 g/mol. The standard InChI is InChI=1S/C17H20N2O3/c1-12-7-6-8-13(2)16(12)19-17(20)18-11-22-15-10-5-4-9-14(15)21-3/h4-10H,11H2,1-3H3,(H2,18,19,20). The van der Waals surface area contributed by atoms with Crippen LogP contribution in [0.25, 0.3) is 0 Å². The van der Waals surface area contributed by atoms with Gasteiger partial charge in [-0.1, -0.05) is 30.3 Å². The number of ether oxygens (including phenoxy) is 2. The van der Waals surface area contributed by atoms with Gasteiger partial charge in [0, 0.05) is 5.69 Å². The Bertz CT molecular complexity index is 636. The second-order valence-corrected chi connectivity index (χ2v) is 4.84. The summed E-state index contributed by atoms with van der Waals surface area (Å²) < 4.78 is 10.7. The van der Waals surface area contributed by atoms with E-state index in [1.807, 2.05) is 44.2 Å². The Kier molecular flexibility index (Phi) is 5.25. The first-order valence-corrected chi connectivity index (χ1v) is 6.98. The van der Waals surface area contributed by atoms with E-state index in [0.29, 0.717) is 11.5 Å². The van der Waals surface area contributed by atoms with Crippen molar-refractivity contribution >= 4 is 11.7 Å². The summed E-state index contributed by atoms with van der Waals surface area (Å²) in [6.45, 7) is 3.96. The molecule has 5 heteroatoms. The van der Waals surface area contributed by atoms with Gasteiger partial charge in [-0.25, -0.2) is 4.79 Å². The van der Waals surface area contributed by atoms with Crippen molar-refractivity contribution in [2.24, 2.45) is 0 Å². The number of carbonyl (C=O) groups is 1. The number of anilines is 1. The molecule has 22 heavy (non-hydrogen) atoms. The Balaban J connectivity index is 1.88.